The minimum Gasteiger partial charge on any atom is -0.394 e. The van der Waals surface area contributed by atoms with Gasteiger partial charge in [-0.25, -0.2) is 15.8 Å². The Hall–Kier alpha value is -1.40. The Morgan fingerprint density at radius 2 is 2.06 bits per heavy atom. The fourth-order valence-electron chi connectivity index (χ4n) is 1.29. The molecule has 0 aliphatic heterocycles. The Kier molecular flexibility index (Phi) is 4.94. The zero-order chi connectivity index (χ0) is 12.0. The quantitative estimate of drug-likeness (QED) is 0.416. The van der Waals surface area contributed by atoms with Crippen molar-refractivity contribution in [2.75, 3.05) is 17.3 Å². The molecule has 0 saturated carbocycles. The van der Waals surface area contributed by atoms with Gasteiger partial charge in [0, 0.05) is 12.5 Å². The van der Waals surface area contributed by atoms with E-state index in [2.05, 4.69) is 20.7 Å². The summed E-state index contributed by atoms with van der Waals surface area (Å²) in [4.78, 5) is 8.49. The smallest absolute Gasteiger partial charge is 0.145 e. The van der Waals surface area contributed by atoms with Gasteiger partial charge in [-0.2, -0.15) is 0 Å². The molecule has 5 N–H and O–H groups in total. The Morgan fingerprint density at radius 1 is 1.38 bits per heavy atom. The van der Waals surface area contributed by atoms with E-state index in [9.17, 15) is 0 Å². The number of aliphatic hydroxyl groups excluding tert-OH is 1. The molecule has 1 aromatic heterocycles. The summed E-state index contributed by atoms with van der Waals surface area (Å²) in [5.41, 5.74) is 2.50. The number of rotatable bonds is 6. The average Bonchev–Trinajstić information content (AvgIpc) is 2.35. The maximum atomic E-state index is 9.09. The number of nitrogens with zero attached hydrogens (tertiary/aromatic N) is 2. The van der Waals surface area contributed by atoms with Gasteiger partial charge < -0.3 is 15.8 Å². The van der Waals surface area contributed by atoms with Gasteiger partial charge in [0.25, 0.3) is 0 Å². The van der Waals surface area contributed by atoms with E-state index in [1.165, 1.54) is 0 Å². The number of nitrogens with two attached hydrogens (primary N) is 1. The first-order chi connectivity index (χ1) is 7.73. The molecule has 6 heteroatoms. The van der Waals surface area contributed by atoms with Crippen LogP contribution in [0.15, 0.2) is 6.07 Å². The number of aromatic nitrogens is 2. The summed E-state index contributed by atoms with van der Waals surface area (Å²) in [6, 6.07) is 1.72. The summed E-state index contributed by atoms with van der Waals surface area (Å²) >= 11 is 0. The minimum absolute atomic E-state index is 0.00484. The highest BCUT2D eigenvalue weighted by Gasteiger charge is 2.07. The second-order valence-electron chi connectivity index (χ2n) is 3.48. The van der Waals surface area contributed by atoms with Gasteiger partial charge in [0.2, 0.25) is 0 Å². The van der Waals surface area contributed by atoms with Gasteiger partial charge in [0.05, 0.1) is 12.6 Å². The summed E-state index contributed by atoms with van der Waals surface area (Å²) in [5.74, 6) is 7.29. The largest absolute Gasteiger partial charge is 0.394 e. The third kappa shape index (κ3) is 3.32. The lowest BCUT2D eigenvalue weighted by atomic mass is 10.2. The van der Waals surface area contributed by atoms with Crippen LogP contribution in [0.4, 0.5) is 11.6 Å². The zero-order valence-electron chi connectivity index (χ0n) is 9.70. The van der Waals surface area contributed by atoms with E-state index in [-0.39, 0.29) is 12.6 Å². The van der Waals surface area contributed by atoms with Crippen LogP contribution in [0.2, 0.25) is 0 Å². The molecule has 1 atom stereocenters. The van der Waals surface area contributed by atoms with Gasteiger partial charge in [-0.1, -0.05) is 13.8 Å². The van der Waals surface area contributed by atoms with Crippen molar-refractivity contribution in [3.63, 3.8) is 0 Å². The van der Waals surface area contributed by atoms with Gasteiger partial charge in [-0.05, 0) is 6.42 Å². The molecule has 0 aliphatic rings. The van der Waals surface area contributed by atoms with Crippen LogP contribution in [0.1, 0.15) is 26.1 Å². The predicted octanol–water partition coefficient (Wildman–Crippen LogP) is 0.507. The predicted molar refractivity (Wildman–Crippen MR) is 64.0 cm³/mol. The fraction of sp³-hybridized carbons (Fsp3) is 0.600. The van der Waals surface area contributed by atoms with Crippen molar-refractivity contribution in [2.24, 2.45) is 5.84 Å². The molecule has 0 spiro atoms. The van der Waals surface area contributed by atoms with Crippen LogP contribution in [0.5, 0.6) is 0 Å². The maximum absolute atomic E-state index is 9.09. The number of anilines is 2. The molecular formula is C10H19N5O. The third-order valence-corrected chi connectivity index (χ3v) is 2.30. The average molecular weight is 225 g/mol. The molecule has 1 aromatic rings. The minimum atomic E-state index is 0.00484. The summed E-state index contributed by atoms with van der Waals surface area (Å²) < 4.78 is 0. The summed E-state index contributed by atoms with van der Waals surface area (Å²) in [5, 5.41) is 12.2. The highest BCUT2D eigenvalue weighted by atomic mass is 16.3. The van der Waals surface area contributed by atoms with E-state index >= 15 is 0 Å². The van der Waals surface area contributed by atoms with Gasteiger partial charge in [-0.15, -0.1) is 0 Å². The molecule has 1 unspecified atom stereocenters. The fourth-order valence-corrected chi connectivity index (χ4v) is 1.29. The Morgan fingerprint density at radius 3 is 2.56 bits per heavy atom. The third-order valence-electron chi connectivity index (χ3n) is 2.30. The lowest BCUT2D eigenvalue weighted by Gasteiger charge is -2.15. The molecule has 0 radical (unpaired) electrons. The highest BCUT2D eigenvalue weighted by molar-refractivity contribution is 5.47. The van der Waals surface area contributed by atoms with E-state index in [1.54, 1.807) is 6.07 Å². The molecular weight excluding hydrogens is 206 g/mol. The van der Waals surface area contributed by atoms with Crippen LogP contribution in [0, 0.1) is 0 Å². The first-order valence-corrected chi connectivity index (χ1v) is 5.45. The Labute approximate surface area is 95.3 Å². The van der Waals surface area contributed by atoms with Crippen molar-refractivity contribution in [1.82, 2.24) is 9.97 Å². The first kappa shape index (κ1) is 12.7. The first-order valence-electron chi connectivity index (χ1n) is 5.45. The standard InChI is InChI=1S/C10H19N5O/c1-3-7(6-16)12-9-5-10(15-11)14-8(4-2)13-9/h5,7,16H,3-4,6,11H2,1-2H3,(H2,12,13,14,15). The summed E-state index contributed by atoms with van der Waals surface area (Å²) in [6.45, 7) is 4.05. The van der Waals surface area contributed by atoms with E-state index < -0.39 is 0 Å². The number of nitrogen functional groups attached to an aromatic ring is 1. The second kappa shape index (κ2) is 6.24. The van der Waals surface area contributed by atoms with Crippen LogP contribution < -0.4 is 16.6 Å². The molecule has 0 fully saturated rings. The van der Waals surface area contributed by atoms with Gasteiger partial charge in [-0.3, -0.25) is 0 Å². The van der Waals surface area contributed by atoms with Crippen molar-refractivity contribution in [3.8, 4) is 0 Å². The molecule has 1 rings (SSSR count). The van der Waals surface area contributed by atoms with E-state index in [1.807, 2.05) is 13.8 Å². The number of aliphatic hydroxyl groups is 1. The number of hydrazine groups is 1. The van der Waals surface area contributed by atoms with Gasteiger partial charge >= 0.3 is 0 Å². The Bertz CT molecular complexity index is 305. The van der Waals surface area contributed by atoms with Gasteiger partial charge in [0.1, 0.15) is 17.5 Å². The zero-order valence-corrected chi connectivity index (χ0v) is 9.70. The van der Waals surface area contributed by atoms with E-state index in [0.29, 0.717) is 17.5 Å². The molecule has 0 aliphatic carbocycles. The van der Waals surface area contributed by atoms with Crippen molar-refractivity contribution >= 4 is 11.6 Å². The molecule has 6 nitrogen and oxygen atoms in total. The lowest BCUT2D eigenvalue weighted by Crippen LogP contribution is -2.24. The maximum Gasteiger partial charge on any atom is 0.145 e. The summed E-state index contributed by atoms with van der Waals surface area (Å²) in [6.07, 6.45) is 1.56. The number of hydrogen-bond donors (Lipinski definition) is 4. The van der Waals surface area contributed by atoms with Crippen LogP contribution >= 0.6 is 0 Å². The normalized spacial score (nSPS) is 12.2. The molecule has 0 amide bonds. The van der Waals surface area contributed by atoms with Crippen LogP contribution in [-0.2, 0) is 6.42 Å². The highest BCUT2D eigenvalue weighted by Crippen LogP contribution is 2.12. The lowest BCUT2D eigenvalue weighted by molar-refractivity contribution is 0.271. The van der Waals surface area contributed by atoms with Gasteiger partial charge in [0.15, 0.2) is 0 Å². The van der Waals surface area contributed by atoms with E-state index in [4.69, 9.17) is 10.9 Å². The summed E-state index contributed by atoms with van der Waals surface area (Å²) in [7, 11) is 0. The van der Waals surface area contributed by atoms with Crippen LogP contribution in [0.3, 0.4) is 0 Å². The number of nitrogens with one attached hydrogen (secondary N) is 2. The van der Waals surface area contributed by atoms with Crippen molar-refractivity contribution < 1.29 is 5.11 Å². The molecule has 1 heterocycles. The SMILES string of the molecule is CCc1nc(NN)cc(NC(CC)CO)n1. The van der Waals surface area contributed by atoms with E-state index in [0.717, 1.165) is 12.8 Å². The van der Waals surface area contributed by atoms with Crippen LogP contribution in [-0.4, -0.2) is 27.7 Å². The monoisotopic (exact) mass is 225 g/mol. The molecule has 16 heavy (non-hydrogen) atoms. The van der Waals surface area contributed by atoms with Crippen molar-refractivity contribution in [1.29, 1.82) is 0 Å². The molecule has 0 saturated heterocycles. The second-order valence-corrected chi connectivity index (χ2v) is 3.48. The van der Waals surface area contributed by atoms with Crippen molar-refractivity contribution in [2.45, 2.75) is 32.7 Å². The Balaban J connectivity index is 2.85. The molecule has 0 bridgehead atoms. The van der Waals surface area contributed by atoms with Crippen molar-refractivity contribution in [3.05, 3.63) is 11.9 Å². The number of hydrogen-bond acceptors (Lipinski definition) is 6. The molecule has 0 aromatic carbocycles. The van der Waals surface area contributed by atoms with Crippen LogP contribution in [0.25, 0.3) is 0 Å². The number of aryl methyl sites for hydroxylation is 1. The topological polar surface area (TPSA) is 96.1 Å². The molecule has 90 valence electrons.